The number of methoxy groups -OCH3 is 1. The molecule has 0 aliphatic carbocycles. The van der Waals surface area contributed by atoms with E-state index in [0.717, 1.165) is 34.0 Å². The number of carbonyl (C=O) groups is 1. The van der Waals surface area contributed by atoms with Crippen molar-refractivity contribution in [3.63, 3.8) is 0 Å². The van der Waals surface area contributed by atoms with Gasteiger partial charge in [-0.2, -0.15) is 5.10 Å². The van der Waals surface area contributed by atoms with Crippen LogP contribution in [0, 0.1) is 12.7 Å². The summed E-state index contributed by atoms with van der Waals surface area (Å²) < 4.78 is 23.2. The van der Waals surface area contributed by atoms with Crippen LogP contribution in [-0.2, 0) is 6.54 Å². The van der Waals surface area contributed by atoms with Gasteiger partial charge in [-0.25, -0.2) is 13.9 Å². The molecule has 2 aromatic heterocycles. The van der Waals surface area contributed by atoms with Crippen molar-refractivity contribution in [3.05, 3.63) is 126 Å². The zero-order valence-corrected chi connectivity index (χ0v) is 21.0. The van der Waals surface area contributed by atoms with Gasteiger partial charge in [0.25, 0.3) is 0 Å². The standard InChI is InChI=1S/C30H26FN5O2/c1-20-26-19-35(30(37)32-23-14-16-25(38-2)17-15-23)28(21-10-12-22(31)13-11-21)27-9-6-18-34(27)29(26)36(33-20)24-7-4-3-5-8-24/h3-18,28H,19H2,1-2H3,(H,32,37)/t28-/m0/s1. The van der Waals surface area contributed by atoms with E-state index in [-0.39, 0.29) is 11.8 Å². The highest BCUT2D eigenvalue weighted by Crippen LogP contribution is 2.38. The highest BCUT2D eigenvalue weighted by molar-refractivity contribution is 5.90. The van der Waals surface area contributed by atoms with E-state index in [1.807, 2.05) is 60.3 Å². The Labute approximate surface area is 219 Å². The number of aryl methyl sites for hydroxylation is 1. The predicted octanol–water partition coefficient (Wildman–Crippen LogP) is 6.26. The number of halogens is 1. The zero-order valence-electron chi connectivity index (χ0n) is 21.0. The van der Waals surface area contributed by atoms with Crippen LogP contribution in [0.5, 0.6) is 5.75 Å². The molecule has 7 nitrogen and oxygen atoms in total. The van der Waals surface area contributed by atoms with Crippen LogP contribution >= 0.6 is 0 Å². The number of nitrogens with zero attached hydrogens (tertiary/aromatic N) is 4. The highest BCUT2D eigenvalue weighted by Gasteiger charge is 2.36. The number of rotatable bonds is 4. The molecule has 1 N–H and O–H groups in total. The summed E-state index contributed by atoms with van der Waals surface area (Å²) in [6, 6.07) is 26.6. The molecule has 0 saturated carbocycles. The molecule has 3 heterocycles. The van der Waals surface area contributed by atoms with Crippen molar-refractivity contribution in [1.82, 2.24) is 19.2 Å². The molecule has 0 fully saturated rings. The normalized spacial score (nSPS) is 14.4. The van der Waals surface area contributed by atoms with Gasteiger partial charge in [0.15, 0.2) is 0 Å². The van der Waals surface area contributed by atoms with Gasteiger partial charge in [0.2, 0.25) is 0 Å². The van der Waals surface area contributed by atoms with E-state index in [1.165, 1.54) is 12.1 Å². The molecule has 0 spiro atoms. The van der Waals surface area contributed by atoms with Gasteiger partial charge in [-0.15, -0.1) is 0 Å². The maximum Gasteiger partial charge on any atom is 0.322 e. The quantitative estimate of drug-likeness (QED) is 0.312. The molecular weight excluding hydrogens is 481 g/mol. The second-order valence-corrected chi connectivity index (χ2v) is 9.18. The summed E-state index contributed by atoms with van der Waals surface area (Å²) in [5, 5.41) is 7.90. The number of anilines is 1. The molecule has 190 valence electrons. The largest absolute Gasteiger partial charge is 0.497 e. The second kappa shape index (κ2) is 9.55. The van der Waals surface area contributed by atoms with E-state index in [9.17, 15) is 9.18 Å². The van der Waals surface area contributed by atoms with Gasteiger partial charge in [-0.05, 0) is 73.2 Å². The third-order valence-electron chi connectivity index (χ3n) is 6.87. The van der Waals surface area contributed by atoms with Gasteiger partial charge in [0.1, 0.15) is 17.4 Å². The summed E-state index contributed by atoms with van der Waals surface area (Å²) in [6.07, 6.45) is 1.98. The zero-order chi connectivity index (χ0) is 26.2. The van der Waals surface area contributed by atoms with Gasteiger partial charge in [-0.1, -0.05) is 30.3 Å². The summed E-state index contributed by atoms with van der Waals surface area (Å²) in [7, 11) is 1.60. The van der Waals surface area contributed by atoms with E-state index < -0.39 is 6.04 Å². The average molecular weight is 508 g/mol. The number of urea groups is 1. The number of hydrogen-bond acceptors (Lipinski definition) is 3. The predicted molar refractivity (Wildman–Crippen MR) is 143 cm³/mol. The number of aromatic nitrogens is 3. The Bertz CT molecular complexity index is 1590. The van der Waals surface area contributed by atoms with E-state index in [0.29, 0.717) is 18.0 Å². The third kappa shape index (κ3) is 4.10. The Kier molecular flexibility index (Phi) is 5.92. The molecule has 5 aromatic rings. The van der Waals surface area contributed by atoms with Crippen LogP contribution in [0.25, 0.3) is 11.5 Å². The first-order chi connectivity index (χ1) is 18.5. The lowest BCUT2D eigenvalue weighted by Crippen LogP contribution is -2.38. The minimum atomic E-state index is -0.472. The monoisotopic (exact) mass is 507 g/mol. The number of benzene rings is 3. The van der Waals surface area contributed by atoms with Crippen molar-refractivity contribution in [3.8, 4) is 17.3 Å². The smallest absolute Gasteiger partial charge is 0.322 e. The van der Waals surface area contributed by atoms with E-state index in [2.05, 4.69) is 9.88 Å². The molecule has 1 aliphatic heterocycles. The molecule has 0 unspecified atom stereocenters. The number of hydrogen-bond donors (Lipinski definition) is 1. The van der Waals surface area contributed by atoms with Gasteiger partial charge in [-0.3, -0.25) is 0 Å². The maximum atomic E-state index is 13.9. The van der Waals surface area contributed by atoms with Gasteiger partial charge < -0.3 is 19.5 Å². The fraction of sp³-hybridized carbons (Fsp3) is 0.133. The fourth-order valence-electron chi connectivity index (χ4n) is 5.01. The first-order valence-corrected chi connectivity index (χ1v) is 12.3. The van der Waals surface area contributed by atoms with Crippen LogP contribution in [0.2, 0.25) is 0 Å². The molecule has 3 aromatic carbocycles. The summed E-state index contributed by atoms with van der Waals surface area (Å²) in [4.78, 5) is 15.7. The summed E-state index contributed by atoms with van der Waals surface area (Å²) in [6.45, 7) is 2.26. The molecule has 1 aliphatic rings. The number of fused-ring (bicyclic) bond motifs is 3. The van der Waals surface area contributed by atoms with Gasteiger partial charge in [0, 0.05) is 17.4 Å². The minimum Gasteiger partial charge on any atom is -0.497 e. The highest BCUT2D eigenvalue weighted by atomic mass is 19.1. The number of carbonyl (C=O) groups excluding carboxylic acids is 1. The lowest BCUT2D eigenvalue weighted by atomic mass is 10.0. The molecule has 6 rings (SSSR count). The Morgan fingerprint density at radius 1 is 0.974 bits per heavy atom. The lowest BCUT2D eigenvalue weighted by Gasteiger charge is -2.31. The van der Waals surface area contributed by atoms with E-state index in [4.69, 9.17) is 9.84 Å². The molecule has 38 heavy (non-hydrogen) atoms. The lowest BCUT2D eigenvalue weighted by molar-refractivity contribution is 0.194. The first-order valence-electron chi connectivity index (χ1n) is 12.3. The van der Waals surface area contributed by atoms with Crippen LogP contribution in [0.1, 0.15) is 28.6 Å². The number of para-hydroxylation sites is 1. The van der Waals surface area contributed by atoms with Crippen molar-refractivity contribution < 1.29 is 13.9 Å². The number of ether oxygens (including phenoxy) is 1. The summed E-state index contributed by atoms with van der Waals surface area (Å²) in [5.41, 5.74) is 5.00. The third-order valence-corrected chi connectivity index (χ3v) is 6.87. The number of nitrogens with one attached hydrogen (secondary N) is 1. The minimum absolute atomic E-state index is 0.281. The van der Waals surface area contributed by atoms with Crippen molar-refractivity contribution in [1.29, 1.82) is 0 Å². The Hall–Kier alpha value is -4.85. The molecular formula is C30H26FN5O2. The molecule has 0 bridgehead atoms. The average Bonchev–Trinajstić information content (AvgIpc) is 3.50. The SMILES string of the molecule is COc1ccc(NC(=O)N2Cc3c(C)nn(-c4ccccc4)c3-n3cccc3[C@@H]2c2ccc(F)cc2)cc1. The molecule has 0 saturated heterocycles. The van der Waals surface area contributed by atoms with Crippen LogP contribution in [0.3, 0.4) is 0 Å². The topological polar surface area (TPSA) is 64.3 Å². The Balaban J connectivity index is 1.50. The van der Waals surface area contributed by atoms with E-state index in [1.54, 1.807) is 48.4 Å². The first kappa shape index (κ1) is 23.5. The number of amides is 2. The molecule has 1 atom stereocenters. The van der Waals surface area contributed by atoms with E-state index >= 15 is 0 Å². The molecule has 2 amide bonds. The summed E-state index contributed by atoms with van der Waals surface area (Å²) >= 11 is 0. The van der Waals surface area contributed by atoms with Crippen LogP contribution in [-0.4, -0.2) is 32.4 Å². The van der Waals surface area contributed by atoms with Crippen molar-refractivity contribution in [2.45, 2.75) is 19.5 Å². The summed E-state index contributed by atoms with van der Waals surface area (Å²) in [5.74, 6) is 1.25. The van der Waals surface area contributed by atoms with Crippen LogP contribution in [0.4, 0.5) is 14.9 Å². The fourth-order valence-corrected chi connectivity index (χ4v) is 5.01. The Morgan fingerprint density at radius 2 is 1.71 bits per heavy atom. The van der Waals surface area contributed by atoms with Gasteiger partial charge in [0.05, 0.1) is 36.8 Å². The van der Waals surface area contributed by atoms with Crippen LogP contribution < -0.4 is 10.1 Å². The second-order valence-electron chi connectivity index (χ2n) is 9.18. The molecule has 8 heteroatoms. The van der Waals surface area contributed by atoms with Crippen molar-refractivity contribution in [2.24, 2.45) is 0 Å². The Morgan fingerprint density at radius 3 is 2.42 bits per heavy atom. The van der Waals surface area contributed by atoms with Crippen molar-refractivity contribution in [2.75, 3.05) is 12.4 Å². The molecule has 0 radical (unpaired) electrons. The maximum absolute atomic E-state index is 13.9. The van der Waals surface area contributed by atoms with Crippen molar-refractivity contribution >= 4 is 11.7 Å². The van der Waals surface area contributed by atoms with Crippen LogP contribution in [0.15, 0.2) is 97.2 Å². The van der Waals surface area contributed by atoms with Gasteiger partial charge >= 0.3 is 6.03 Å².